The summed E-state index contributed by atoms with van der Waals surface area (Å²) in [6, 6.07) is 8.11. The first kappa shape index (κ1) is 21.5. The Bertz CT molecular complexity index is 1230. The standard InChI is InChI=1S/C25H29N5O3/c1-3-18-10-17-11-21(33-22(17)13-26-18)23-15(2)28-25(27-12-20-5-4-8-32-20)30-24(23)29-19-7-6-16(9-19)14-31/h4-5,8,10-11,13,16,19,31H,3,6-7,9,12,14H2,1-2H3,(H2,27,28,29,30)/t16-,19+/m1/s1. The minimum absolute atomic E-state index is 0.222. The van der Waals surface area contributed by atoms with Crippen LogP contribution in [0.25, 0.3) is 22.3 Å². The summed E-state index contributed by atoms with van der Waals surface area (Å²) < 4.78 is 11.6. The maximum Gasteiger partial charge on any atom is 0.225 e. The fraction of sp³-hybridized carbons (Fsp3) is 0.400. The van der Waals surface area contributed by atoms with E-state index in [1.54, 1.807) is 12.5 Å². The molecule has 0 radical (unpaired) electrons. The second-order valence-corrected chi connectivity index (χ2v) is 8.67. The van der Waals surface area contributed by atoms with E-state index in [1.807, 2.05) is 25.1 Å². The summed E-state index contributed by atoms with van der Waals surface area (Å²) in [6.07, 6.45) is 7.22. The van der Waals surface area contributed by atoms with Crippen molar-refractivity contribution in [2.45, 2.75) is 52.1 Å². The largest absolute Gasteiger partial charge is 0.467 e. The van der Waals surface area contributed by atoms with Gasteiger partial charge in [0.15, 0.2) is 5.58 Å². The number of anilines is 2. The van der Waals surface area contributed by atoms with Crippen LogP contribution in [0.1, 0.15) is 43.3 Å². The second kappa shape index (κ2) is 9.23. The van der Waals surface area contributed by atoms with Crippen LogP contribution in [0.15, 0.2) is 45.6 Å². The molecule has 0 amide bonds. The van der Waals surface area contributed by atoms with E-state index >= 15 is 0 Å². The van der Waals surface area contributed by atoms with Crippen molar-refractivity contribution in [3.05, 3.63) is 53.9 Å². The van der Waals surface area contributed by atoms with Crippen molar-refractivity contribution < 1.29 is 13.9 Å². The van der Waals surface area contributed by atoms with Crippen LogP contribution in [0.2, 0.25) is 0 Å². The highest BCUT2D eigenvalue weighted by Crippen LogP contribution is 2.36. The van der Waals surface area contributed by atoms with Crippen LogP contribution in [-0.4, -0.2) is 32.7 Å². The minimum atomic E-state index is 0.222. The maximum absolute atomic E-state index is 9.56. The number of aromatic nitrogens is 3. The van der Waals surface area contributed by atoms with Crippen molar-refractivity contribution in [1.82, 2.24) is 15.0 Å². The summed E-state index contributed by atoms with van der Waals surface area (Å²) in [6.45, 7) is 4.77. The van der Waals surface area contributed by atoms with Gasteiger partial charge in [-0.25, -0.2) is 4.98 Å². The van der Waals surface area contributed by atoms with Gasteiger partial charge >= 0.3 is 0 Å². The molecule has 4 aromatic rings. The summed E-state index contributed by atoms with van der Waals surface area (Å²) in [4.78, 5) is 14.0. The quantitative estimate of drug-likeness (QED) is 0.349. The Balaban J connectivity index is 1.50. The van der Waals surface area contributed by atoms with Gasteiger partial charge in [0.1, 0.15) is 17.3 Å². The van der Waals surface area contributed by atoms with Gasteiger partial charge in [0, 0.05) is 23.7 Å². The Kier molecular flexibility index (Phi) is 6.00. The van der Waals surface area contributed by atoms with Crippen molar-refractivity contribution in [3.63, 3.8) is 0 Å². The topological polar surface area (TPSA) is 109 Å². The number of aliphatic hydroxyl groups excluding tert-OH is 1. The number of hydrogen-bond acceptors (Lipinski definition) is 8. The van der Waals surface area contributed by atoms with Crippen molar-refractivity contribution >= 4 is 22.7 Å². The predicted molar refractivity (Wildman–Crippen MR) is 127 cm³/mol. The van der Waals surface area contributed by atoms with Gasteiger partial charge in [-0.3, -0.25) is 4.98 Å². The zero-order valence-corrected chi connectivity index (χ0v) is 19.0. The van der Waals surface area contributed by atoms with Crippen LogP contribution in [0, 0.1) is 12.8 Å². The molecule has 172 valence electrons. The third kappa shape index (κ3) is 4.57. The van der Waals surface area contributed by atoms with Gasteiger partial charge in [0.2, 0.25) is 5.95 Å². The Hall–Kier alpha value is -3.39. The molecule has 2 atom stereocenters. The molecule has 0 saturated heterocycles. The molecule has 0 spiro atoms. The average Bonchev–Trinajstić information content (AvgIpc) is 3.57. The molecule has 0 aliphatic heterocycles. The van der Waals surface area contributed by atoms with Crippen LogP contribution < -0.4 is 10.6 Å². The van der Waals surface area contributed by atoms with E-state index in [-0.39, 0.29) is 12.6 Å². The molecule has 1 aliphatic rings. The lowest BCUT2D eigenvalue weighted by Crippen LogP contribution is -2.19. The molecule has 0 unspecified atom stereocenters. The van der Waals surface area contributed by atoms with Gasteiger partial charge in [0.05, 0.1) is 30.3 Å². The molecule has 8 heteroatoms. The summed E-state index contributed by atoms with van der Waals surface area (Å²) >= 11 is 0. The summed E-state index contributed by atoms with van der Waals surface area (Å²) in [7, 11) is 0. The maximum atomic E-state index is 9.56. The number of pyridine rings is 1. The van der Waals surface area contributed by atoms with Crippen LogP contribution in [0.3, 0.4) is 0 Å². The van der Waals surface area contributed by atoms with Gasteiger partial charge in [-0.1, -0.05) is 6.92 Å². The van der Waals surface area contributed by atoms with Crippen molar-refractivity contribution in [1.29, 1.82) is 0 Å². The molecular formula is C25H29N5O3. The lowest BCUT2D eigenvalue weighted by atomic mass is 10.1. The zero-order valence-electron chi connectivity index (χ0n) is 19.0. The molecule has 8 nitrogen and oxygen atoms in total. The molecule has 1 saturated carbocycles. The van der Waals surface area contributed by atoms with Crippen LogP contribution in [0.5, 0.6) is 0 Å². The molecule has 3 N–H and O–H groups in total. The third-order valence-electron chi connectivity index (χ3n) is 6.30. The number of nitrogens with one attached hydrogen (secondary N) is 2. The minimum Gasteiger partial charge on any atom is -0.467 e. The van der Waals surface area contributed by atoms with E-state index in [0.717, 1.165) is 65.2 Å². The number of nitrogens with zero attached hydrogens (tertiary/aromatic N) is 3. The fourth-order valence-electron chi connectivity index (χ4n) is 4.50. The van der Waals surface area contributed by atoms with E-state index in [4.69, 9.17) is 18.8 Å². The first-order valence-electron chi connectivity index (χ1n) is 11.5. The lowest BCUT2D eigenvalue weighted by Gasteiger charge is -2.18. The molecule has 4 heterocycles. The lowest BCUT2D eigenvalue weighted by molar-refractivity contribution is 0.229. The van der Waals surface area contributed by atoms with Crippen molar-refractivity contribution in [2.75, 3.05) is 17.2 Å². The van der Waals surface area contributed by atoms with Gasteiger partial charge < -0.3 is 24.6 Å². The number of fused-ring (bicyclic) bond motifs is 1. The predicted octanol–water partition coefficient (Wildman–Crippen LogP) is 4.93. The Morgan fingerprint density at radius 3 is 2.88 bits per heavy atom. The Labute approximate surface area is 192 Å². The molecule has 0 bridgehead atoms. The first-order valence-corrected chi connectivity index (χ1v) is 11.5. The van der Waals surface area contributed by atoms with E-state index in [1.165, 1.54) is 0 Å². The smallest absolute Gasteiger partial charge is 0.225 e. The fourth-order valence-corrected chi connectivity index (χ4v) is 4.50. The number of hydrogen-bond donors (Lipinski definition) is 3. The number of aryl methyl sites for hydroxylation is 2. The summed E-state index contributed by atoms with van der Waals surface area (Å²) in [5, 5.41) is 17.4. The molecular weight excluding hydrogens is 418 g/mol. The Morgan fingerprint density at radius 2 is 2.12 bits per heavy atom. The molecule has 1 fully saturated rings. The van der Waals surface area contributed by atoms with Crippen LogP contribution in [0.4, 0.5) is 11.8 Å². The van der Waals surface area contributed by atoms with E-state index in [9.17, 15) is 5.11 Å². The van der Waals surface area contributed by atoms with Gasteiger partial charge in [0.25, 0.3) is 0 Å². The molecule has 5 rings (SSSR count). The SMILES string of the molecule is CCc1cc2cc(-c3c(C)nc(NCc4ccco4)nc3N[C@H]3CC[C@@H](CO)C3)oc2cn1. The van der Waals surface area contributed by atoms with E-state index in [2.05, 4.69) is 28.6 Å². The first-order chi connectivity index (χ1) is 16.1. The zero-order chi connectivity index (χ0) is 22.8. The third-order valence-corrected chi connectivity index (χ3v) is 6.30. The summed E-state index contributed by atoms with van der Waals surface area (Å²) in [5.41, 5.74) is 3.43. The van der Waals surface area contributed by atoms with E-state index in [0.29, 0.717) is 24.2 Å². The highest BCUT2D eigenvalue weighted by atomic mass is 16.3. The summed E-state index contributed by atoms with van der Waals surface area (Å²) in [5.74, 6) is 3.12. The molecule has 33 heavy (non-hydrogen) atoms. The number of aliphatic hydroxyl groups is 1. The second-order valence-electron chi connectivity index (χ2n) is 8.67. The van der Waals surface area contributed by atoms with E-state index < -0.39 is 0 Å². The van der Waals surface area contributed by atoms with Crippen LogP contribution >= 0.6 is 0 Å². The van der Waals surface area contributed by atoms with Crippen molar-refractivity contribution in [3.8, 4) is 11.3 Å². The van der Waals surface area contributed by atoms with Gasteiger partial charge in [-0.05, 0) is 62.8 Å². The normalized spacial score (nSPS) is 18.2. The van der Waals surface area contributed by atoms with Gasteiger partial charge in [-0.15, -0.1) is 0 Å². The van der Waals surface area contributed by atoms with Crippen LogP contribution in [-0.2, 0) is 13.0 Å². The average molecular weight is 448 g/mol. The molecule has 4 aromatic heterocycles. The number of furan rings is 2. The molecule has 0 aromatic carbocycles. The highest BCUT2D eigenvalue weighted by Gasteiger charge is 2.26. The Morgan fingerprint density at radius 1 is 1.21 bits per heavy atom. The van der Waals surface area contributed by atoms with Crippen molar-refractivity contribution in [2.24, 2.45) is 5.92 Å². The molecule has 1 aliphatic carbocycles. The number of rotatable bonds is 8. The van der Waals surface area contributed by atoms with Gasteiger partial charge in [-0.2, -0.15) is 4.98 Å². The monoisotopic (exact) mass is 447 g/mol. The highest BCUT2D eigenvalue weighted by molar-refractivity contribution is 5.86.